The maximum Gasteiger partial charge on any atom is 0.228 e. The highest BCUT2D eigenvalue weighted by atomic mass is 35.5. The maximum absolute atomic E-state index is 12.9. The Morgan fingerprint density at radius 2 is 1.86 bits per heavy atom. The van der Waals surface area contributed by atoms with Crippen molar-refractivity contribution in [2.45, 2.75) is 39.5 Å². The summed E-state index contributed by atoms with van der Waals surface area (Å²) >= 11 is 0. The molecule has 3 nitrogen and oxygen atoms in total. The molecule has 0 aliphatic heterocycles. The van der Waals surface area contributed by atoms with Gasteiger partial charge in [0.25, 0.3) is 0 Å². The van der Waals surface area contributed by atoms with Crippen molar-refractivity contribution in [2.75, 3.05) is 20.1 Å². The molecule has 124 valence electrons. The molecule has 2 rings (SSSR count). The van der Waals surface area contributed by atoms with Gasteiger partial charge in [-0.2, -0.15) is 0 Å². The smallest absolute Gasteiger partial charge is 0.228 e. The van der Waals surface area contributed by atoms with Crippen LogP contribution in [0, 0.1) is 10.8 Å². The van der Waals surface area contributed by atoms with E-state index in [1.807, 2.05) is 30.1 Å². The third-order valence-corrected chi connectivity index (χ3v) is 4.71. The second kappa shape index (κ2) is 7.47. The van der Waals surface area contributed by atoms with Gasteiger partial charge in [0.15, 0.2) is 0 Å². The Kier molecular flexibility index (Phi) is 6.45. The fourth-order valence-electron chi connectivity index (χ4n) is 3.24. The van der Waals surface area contributed by atoms with Crippen molar-refractivity contribution in [3.05, 3.63) is 35.9 Å². The van der Waals surface area contributed by atoms with E-state index in [9.17, 15) is 4.79 Å². The van der Waals surface area contributed by atoms with Crippen LogP contribution in [0.2, 0.25) is 0 Å². The van der Waals surface area contributed by atoms with Gasteiger partial charge >= 0.3 is 0 Å². The Morgan fingerprint density at radius 1 is 1.27 bits per heavy atom. The monoisotopic (exact) mass is 324 g/mol. The van der Waals surface area contributed by atoms with E-state index in [2.05, 4.69) is 26.0 Å². The average molecular weight is 325 g/mol. The first-order chi connectivity index (χ1) is 9.88. The predicted molar refractivity (Wildman–Crippen MR) is 94.2 cm³/mol. The van der Waals surface area contributed by atoms with Crippen LogP contribution in [0.25, 0.3) is 0 Å². The Bertz CT molecular complexity index is 483. The third kappa shape index (κ3) is 4.23. The number of hydrogen-bond donors (Lipinski definition) is 1. The zero-order chi connectivity index (χ0) is 15.5. The summed E-state index contributed by atoms with van der Waals surface area (Å²) in [7, 11) is 1.92. The van der Waals surface area contributed by atoms with E-state index in [0.29, 0.717) is 12.5 Å². The molecule has 0 bridgehead atoms. The molecule has 1 amide bonds. The summed E-state index contributed by atoms with van der Waals surface area (Å²) in [5.74, 6) is 0.291. The summed E-state index contributed by atoms with van der Waals surface area (Å²) in [5.41, 5.74) is 6.85. The molecule has 1 aliphatic carbocycles. The Hall–Kier alpha value is -1.06. The highest BCUT2D eigenvalue weighted by molar-refractivity contribution is 5.85. The average Bonchev–Trinajstić information content (AvgIpc) is 2.43. The van der Waals surface area contributed by atoms with Crippen molar-refractivity contribution >= 4 is 18.3 Å². The molecule has 0 saturated heterocycles. The quantitative estimate of drug-likeness (QED) is 0.873. The number of hydrogen-bond acceptors (Lipinski definition) is 2. The largest absolute Gasteiger partial charge is 0.345 e. The van der Waals surface area contributed by atoms with Crippen LogP contribution >= 0.6 is 12.4 Å². The minimum absolute atomic E-state index is 0. The summed E-state index contributed by atoms with van der Waals surface area (Å²) in [6.07, 6.45) is 4.04. The molecular formula is C18H29ClN2O. The number of carbonyl (C=O) groups excluding carboxylic acids is 1. The van der Waals surface area contributed by atoms with Gasteiger partial charge in [-0.1, -0.05) is 50.6 Å². The number of benzene rings is 1. The van der Waals surface area contributed by atoms with E-state index in [1.54, 1.807) is 0 Å². The third-order valence-electron chi connectivity index (χ3n) is 4.71. The fourth-order valence-corrected chi connectivity index (χ4v) is 3.24. The Labute approximate surface area is 140 Å². The molecule has 0 atom stereocenters. The molecule has 0 unspecified atom stereocenters. The van der Waals surface area contributed by atoms with Crippen molar-refractivity contribution < 1.29 is 4.79 Å². The zero-order valence-corrected chi connectivity index (χ0v) is 14.8. The van der Waals surface area contributed by atoms with Gasteiger partial charge in [-0.05, 0) is 36.8 Å². The molecule has 1 aliphatic rings. The van der Waals surface area contributed by atoms with E-state index in [-0.39, 0.29) is 23.2 Å². The highest BCUT2D eigenvalue weighted by Gasteiger charge is 2.45. The number of amides is 1. The van der Waals surface area contributed by atoms with Crippen LogP contribution < -0.4 is 5.73 Å². The second-order valence-electron chi connectivity index (χ2n) is 7.33. The summed E-state index contributed by atoms with van der Waals surface area (Å²) < 4.78 is 0. The Morgan fingerprint density at radius 3 is 2.32 bits per heavy atom. The maximum atomic E-state index is 12.9. The lowest BCUT2D eigenvalue weighted by Crippen LogP contribution is -2.50. The van der Waals surface area contributed by atoms with E-state index >= 15 is 0 Å². The van der Waals surface area contributed by atoms with Gasteiger partial charge in [-0.25, -0.2) is 0 Å². The molecular weight excluding hydrogens is 296 g/mol. The predicted octanol–water partition coefficient (Wildman–Crippen LogP) is 3.26. The molecule has 1 saturated carbocycles. The van der Waals surface area contributed by atoms with E-state index < -0.39 is 0 Å². The van der Waals surface area contributed by atoms with Gasteiger partial charge in [0.05, 0.1) is 5.41 Å². The first-order valence-electron chi connectivity index (χ1n) is 7.88. The first-order valence-corrected chi connectivity index (χ1v) is 7.88. The number of nitrogens with two attached hydrogens (primary N) is 1. The van der Waals surface area contributed by atoms with Crippen LogP contribution in [0.4, 0.5) is 0 Å². The van der Waals surface area contributed by atoms with Crippen LogP contribution in [0.5, 0.6) is 0 Å². The van der Waals surface area contributed by atoms with Crippen molar-refractivity contribution in [3.63, 3.8) is 0 Å². The van der Waals surface area contributed by atoms with Crippen LogP contribution in [0.15, 0.2) is 30.3 Å². The minimum Gasteiger partial charge on any atom is -0.345 e. The van der Waals surface area contributed by atoms with E-state index in [0.717, 1.165) is 32.2 Å². The zero-order valence-electron chi connectivity index (χ0n) is 14.0. The molecule has 0 radical (unpaired) electrons. The number of nitrogens with zero attached hydrogens (tertiary/aromatic N) is 1. The van der Waals surface area contributed by atoms with Gasteiger partial charge in [-0.3, -0.25) is 4.79 Å². The van der Waals surface area contributed by atoms with Crippen molar-refractivity contribution in [1.82, 2.24) is 4.90 Å². The van der Waals surface area contributed by atoms with Crippen LogP contribution in [0.3, 0.4) is 0 Å². The fraction of sp³-hybridized carbons (Fsp3) is 0.611. The highest BCUT2D eigenvalue weighted by Crippen LogP contribution is 2.45. The van der Waals surface area contributed by atoms with Gasteiger partial charge < -0.3 is 10.6 Å². The van der Waals surface area contributed by atoms with Crippen LogP contribution in [-0.2, 0) is 11.2 Å². The lowest BCUT2D eigenvalue weighted by Gasteiger charge is -2.44. The SMILES string of the molecule is CN(CC(C)(C)CN)C(=O)C1(Cc2ccccc2)CCC1.Cl. The summed E-state index contributed by atoms with van der Waals surface area (Å²) in [5, 5.41) is 0. The van der Waals surface area contributed by atoms with Crippen molar-refractivity contribution in [1.29, 1.82) is 0 Å². The first kappa shape index (κ1) is 19.0. The number of carbonyl (C=O) groups is 1. The molecule has 1 fully saturated rings. The standard InChI is InChI=1S/C18H28N2O.ClH/c1-17(2,13-19)14-20(3)16(21)18(10-7-11-18)12-15-8-5-4-6-9-15;/h4-6,8-9H,7,10-14,19H2,1-3H3;1H. The molecule has 0 aromatic heterocycles. The van der Waals surface area contributed by atoms with Crippen molar-refractivity contribution in [2.24, 2.45) is 16.6 Å². The van der Waals surface area contributed by atoms with Gasteiger partial charge in [0, 0.05) is 13.6 Å². The van der Waals surface area contributed by atoms with E-state index in [1.165, 1.54) is 5.56 Å². The lowest BCUT2D eigenvalue weighted by atomic mass is 9.64. The summed E-state index contributed by atoms with van der Waals surface area (Å²) in [4.78, 5) is 14.8. The van der Waals surface area contributed by atoms with Gasteiger partial charge in [-0.15, -0.1) is 12.4 Å². The molecule has 0 heterocycles. The van der Waals surface area contributed by atoms with Crippen LogP contribution in [-0.4, -0.2) is 30.9 Å². The normalized spacial score (nSPS) is 16.4. The molecule has 0 spiro atoms. The minimum atomic E-state index is -0.180. The molecule has 4 heteroatoms. The van der Waals surface area contributed by atoms with E-state index in [4.69, 9.17) is 5.73 Å². The van der Waals surface area contributed by atoms with Crippen molar-refractivity contribution in [3.8, 4) is 0 Å². The summed E-state index contributed by atoms with van der Waals surface area (Å²) in [6, 6.07) is 10.4. The topological polar surface area (TPSA) is 46.3 Å². The number of rotatable bonds is 6. The van der Waals surface area contributed by atoms with Gasteiger partial charge in [0.2, 0.25) is 5.91 Å². The summed E-state index contributed by atoms with van der Waals surface area (Å²) in [6.45, 7) is 5.54. The van der Waals surface area contributed by atoms with Crippen LogP contribution in [0.1, 0.15) is 38.7 Å². The number of halogens is 1. The molecule has 1 aromatic carbocycles. The van der Waals surface area contributed by atoms with Gasteiger partial charge in [0.1, 0.15) is 0 Å². The lowest BCUT2D eigenvalue weighted by molar-refractivity contribution is -0.147. The molecule has 1 aromatic rings. The second-order valence-corrected chi connectivity index (χ2v) is 7.33. The molecule has 22 heavy (non-hydrogen) atoms. The molecule has 2 N–H and O–H groups in total. The Balaban J connectivity index is 0.00000242.